The fourth-order valence-corrected chi connectivity index (χ4v) is 6.38. The highest BCUT2D eigenvalue weighted by Gasteiger charge is 2.28. The molecule has 180 valence electrons. The van der Waals surface area contributed by atoms with Crippen LogP contribution in [0.2, 0.25) is 0 Å². The molecule has 0 radical (unpaired) electrons. The Bertz CT molecular complexity index is 1270. The minimum atomic E-state index is 0.322. The number of fused-ring (bicyclic) bond motifs is 1. The summed E-state index contributed by atoms with van der Waals surface area (Å²) in [5.74, 6) is 0.890. The Morgan fingerprint density at radius 3 is 2.59 bits per heavy atom. The van der Waals surface area contributed by atoms with E-state index < -0.39 is 0 Å². The summed E-state index contributed by atoms with van der Waals surface area (Å²) in [6, 6.07) is 3.45. The van der Waals surface area contributed by atoms with Crippen LogP contribution in [-0.4, -0.2) is 53.8 Å². The topological polar surface area (TPSA) is 75.0 Å². The fourth-order valence-electron chi connectivity index (χ4n) is 5.29. The van der Waals surface area contributed by atoms with Crippen LogP contribution in [0.25, 0.3) is 27.5 Å². The lowest BCUT2D eigenvalue weighted by Crippen LogP contribution is -2.39. The number of aromatic amines is 1. The van der Waals surface area contributed by atoms with Crippen LogP contribution in [0.4, 0.5) is 0 Å². The highest BCUT2D eigenvalue weighted by atomic mass is 32.1. The number of aromatic nitrogens is 6. The second kappa shape index (κ2) is 9.23. The van der Waals surface area contributed by atoms with E-state index in [1.165, 1.54) is 41.1 Å². The van der Waals surface area contributed by atoms with Gasteiger partial charge in [0, 0.05) is 41.5 Å². The largest absolute Gasteiger partial charge is 0.301 e. The van der Waals surface area contributed by atoms with E-state index in [4.69, 9.17) is 10.1 Å². The second-order valence-corrected chi connectivity index (χ2v) is 11.3. The number of hydrogen-bond acceptors (Lipinski definition) is 6. The standard InChI is InChI=1S/C26H35N7S/c1-15(2)22-23(19-11-17(5)25-28-14-29-33(25)13-19)30-31-24(22)21-12-27-26(34-21)18-7-9-20(10-8-18)32(6)16(3)4/h11-16,18,20H,7-10H2,1-6H3,(H,30,31). The molecule has 0 spiro atoms. The van der Waals surface area contributed by atoms with Crippen molar-refractivity contribution in [2.75, 3.05) is 7.05 Å². The molecular formula is C26H35N7S. The van der Waals surface area contributed by atoms with Crippen molar-refractivity contribution in [1.82, 2.24) is 34.7 Å². The molecule has 4 aromatic rings. The van der Waals surface area contributed by atoms with Crippen LogP contribution in [0.5, 0.6) is 0 Å². The van der Waals surface area contributed by atoms with Crippen LogP contribution in [0.3, 0.4) is 0 Å². The summed E-state index contributed by atoms with van der Waals surface area (Å²) in [6.45, 7) is 11.1. The molecule has 4 aromatic heterocycles. The van der Waals surface area contributed by atoms with Gasteiger partial charge in [-0.3, -0.25) is 5.10 Å². The van der Waals surface area contributed by atoms with Crippen LogP contribution in [-0.2, 0) is 0 Å². The van der Waals surface area contributed by atoms with Gasteiger partial charge in [-0.25, -0.2) is 14.5 Å². The maximum Gasteiger partial charge on any atom is 0.158 e. The first kappa shape index (κ1) is 23.2. The normalized spacial score (nSPS) is 19.2. The SMILES string of the molecule is Cc1cc(-c2n[nH]c(-c3cnc(C4CCC(N(C)C(C)C)CC4)s3)c2C(C)C)cn2ncnc12. The summed E-state index contributed by atoms with van der Waals surface area (Å²) < 4.78 is 1.83. The number of nitrogens with one attached hydrogen (secondary N) is 1. The van der Waals surface area contributed by atoms with E-state index in [1.807, 2.05) is 28.2 Å². The number of nitrogens with zero attached hydrogens (tertiary/aromatic N) is 6. The van der Waals surface area contributed by atoms with Gasteiger partial charge in [-0.05, 0) is 71.0 Å². The molecule has 34 heavy (non-hydrogen) atoms. The molecule has 1 aliphatic carbocycles. The van der Waals surface area contributed by atoms with Gasteiger partial charge in [0.15, 0.2) is 5.65 Å². The molecule has 1 saturated carbocycles. The summed E-state index contributed by atoms with van der Waals surface area (Å²) in [4.78, 5) is 12.9. The van der Waals surface area contributed by atoms with Gasteiger partial charge < -0.3 is 4.90 Å². The van der Waals surface area contributed by atoms with Gasteiger partial charge >= 0.3 is 0 Å². The molecule has 0 aliphatic heterocycles. The fraction of sp³-hybridized carbons (Fsp3) is 0.538. The van der Waals surface area contributed by atoms with E-state index in [-0.39, 0.29) is 0 Å². The Balaban J connectivity index is 1.42. The molecule has 0 bridgehead atoms. The molecule has 0 aromatic carbocycles. The Kier molecular flexibility index (Phi) is 6.29. The number of rotatable bonds is 6. The first-order valence-electron chi connectivity index (χ1n) is 12.4. The number of pyridine rings is 1. The van der Waals surface area contributed by atoms with Gasteiger partial charge in [0.25, 0.3) is 0 Å². The molecule has 1 aliphatic rings. The third-order valence-corrected chi connectivity index (χ3v) is 8.60. The Labute approximate surface area is 205 Å². The lowest BCUT2D eigenvalue weighted by molar-refractivity contribution is 0.148. The zero-order valence-electron chi connectivity index (χ0n) is 21.0. The first-order valence-corrected chi connectivity index (χ1v) is 13.2. The number of H-pyrrole nitrogens is 1. The van der Waals surface area contributed by atoms with Crippen molar-refractivity contribution < 1.29 is 0 Å². The van der Waals surface area contributed by atoms with Gasteiger partial charge in [-0.1, -0.05) is 13.8 Å². The smallest absolute Gasteiger partial charge is 0.158 e. The molecule has 0 amide bonds. The molecule has 5 rings (SSSR count). The van der Waals surface area contributed by atoms with E-state index in [0.29, 0.717) is 23.9 Å². The predicted octanol–water partition coefficient (Wildman–Crippen LogP) is 6.04. The Hall–Kier alpha value is -2.58. The van der Waals surface area contributed by atoms with E-state index in [0.717, 1.165) is 28.2 Å². The zero-order valence-corrected chi connectivity index (χ0v) is 21.9. The van der Waals surface area contributed by atoms with Crippen LogP contribution in [0.1, 0.15) is 81.3 Å². The predicted molar refractivity (Wildman–Crippen MR) is 138 cm³/mol. The summed E-state index contributed by atoms with van der Waals surface area (Å²) in [5, 5.41) is 13.7. The number of aryl methyl sites for hydroxylation is 1. The van der Waals surface area contributed by atoms with Crippen molar-refractivity contribution in [3.8, 4) is 21.8 Å². The maximum atomic E-state index is 4.89. The molecule has 4 heterocycles. The Morgan fingerprint density at radius 1 is 1.12 bits per heavy atom. The van der Waals surface area contributed by atoms with Crippen molar-refractivity contribution in [3.63, 3.8) is 0 Å². The van der Waals surface area contributed by atoms with Crippen molar-refractivity contribution >= 4 is 17.0 Å². The summed E-state index contributed by atoms with van der Waals surface area (Å²) in [6.07, 6.45) is 10.6. The van der Waals surface area contributed by atoms with Crippen LogP contribution < -0.4 is 0 Å². The van der Waals surface area contributed by atoms with Crippen LogP contribution in [0, 0.1) is 6.92 Å². The van der Waals surface area contributed by atoms with Gasteiger partial charge in [-0.15, -0.1) is 11.3 Å². The van der Waals surface area contributed by atoms with E-state index in [1.54, 1.807) is 6.33 Å². The molecule has 8 heteroatoms. The summed E-state index contributed by atoms with van der Waals surface area (Å²) in [7, 11) is 2.27. The quantitative estimate of drug-likeness (QED) is 0.366. The molecular weight excluding hydrogens is 442 g/mol. The minimum absolute atomic E-state index is 0.322. The first-order chi connectivity index (χ1) is 16.3. The van der Waals surface area contributed by atoms with Gasteiger partial charge in [-0.2, -0.15) is 10.2 Å². The van der Waals surface area contributed by atoms with E-state index in [2.05, 4.69) is 67.8 Å². The number of thiazole rings is 1. The summed E-state index contributed by atoms with van der Waals surface area (Å²) in [5.41, 5.74) is 6.34. The van der Waals surface area contributed by atoms with Crippen molar-refractivity contribution in [3.05, 3.63) is 40.9 Å². The van der Waals surface area contributed by atoms with Crippen molar-refractivity contribution in [2.24, 2.45) is 0 Å². The average molecular weight is 478 g/mol. The van der Waals surface area contributed by atoms with Gasteiger partial charge in [0.2, 0.25) is 0 Å². The molecule has 0 saturated heterocycles. The van der Waals surface area contributed by atoms with E-state index >= 15 is 0 Å². The molecule has 7 nitrogen and oxygen atoms in total. The third-order valence-electron chi connectivity index (χ3n) is 7.42. The lowest BCUT2D eigenvalue weighted by Gasteiger charge is -2.36. The molecule has 1 fully saturated rings. The van der Waals surface area contributed by atoms with Crippen molar-refractivity contribution in [1.29, 1.82) is 0 Å². The number of hydrogen-bond donors (Lipinski definition) is 1. The second-order valence-electron chi connectivity index (χ2n) is 10.3. The summed E-state index contributed by atoms with van der Waals surface area (Å²) >= 11 is 1.83. The van der Waals surface area contributed by atoms with Crippen LogP contribution >= 0.6 is 11.3 Å². The lowest BCUT2D eigenvalue weighted by atomic mass is 9.85. The molecule has 1 N–H and O–H groups in total. The van der Waals surface area contributed by atoms with E-state index in [9.17, 15) is 0 Å². The zero-order chi connectivity index (χ0) is 24.0. The maximum absolute atomic E-state index is 4.89. The van der Waals surface area contributed by atoms with Crippen molar-refractivity contribution in [2.45, 2.75) is 84.2 Å². The highest BCUT2D eigenvalue weighted by Crippen LogP contribution is 2.42. The average Bonchev–Trinajstić information content (AvgIpc) is 3.57. The van der Waals surface area contributed by atoms with Gasteiger partial charge in [0.05, 0.1) is 21.3 Å². The highest BCUT2D eigenvalue weighted by molar-refractivity contribution is 7.15. The Morgan fingerprint density at radius 2 is 1.88 bits per heavy atom. The van der Waals surface area contributed by atoms with Crippen LogP contribution in [0.15, 0.2) is 24.8 Å². The third kappa shape index (κ3) is 4.18. The molecule has 0 atom stereocenters. The van der Waals surface area contributed by atoms with Gasteiger partial charge in [0.1, 0.15) is 6.33 Å². The molecule has 0 unspecified atom stereocenters. The minimum Gasteiger partial charge on any atom is -0.301 e. The monoisotopic (exact) mass is 477 g/mol.